The molecule has 0 spiro atoms. The molecule has 18 heavy (non-hydrogen) atoms. The predicted molar refractivity (Wildman–Crippen MR) is 72.9 cm³/mol. The summed E-state index contributed by atoms with van der Waals surface area (Å²) < 4.78 is 5.79. The van der Waals surface area contributed by atoms with Crippen LogP contribution in [0.4, 0.5) is 0 Å². The molecular formula is C15H18N2O. The molecule has 0 amide bonds. The molecule has 0 fully saturated rings. The van der Waals surface area contributed by atoms with E-state index < -0.39 is 0 Å². The van der Waals surface area contributed by atoms with Crippen LogP contribution in [-0.2, 0) is 6.54 Å². The maximum absolute atomic E-state index is 5.79. The van der Waals surface area contributed by atoms with Gasteiger partial charge in [-0.05, 0) is 31.7 Å². The molecule has 3 heteroatoms. The highest BCUT2D eigenvalue weighted by Crippen LogP contribution is 2.21. The normalized spacial score (nSPS) is 10.3. The molecule has 3 nitrogen and oxygen atoms in total. The number of aromatic nitrogens is 1. The van der Waals surface area contributed by atoms with Crippen molar-refractivity contribution in [2.45, 2.75) is 20.4 Å². The van der Waals surface area contributed by atoms with Crippen molar-refractivity contribution < 1.29 is 4.74 Å². The number of hydrogen-bond acceptors (Lipinski definition) is 3. The maximum Gasteiger partial charge on any atom is 0.130 e. The van der Waals surface area contributed by atoms with Crippen LogP contribution in [-0.4, -0.2) is 11.5 Å². The number of nitrogens with one attached hydrogen (secondary N) is 1. The fourth-order valence-corrected chi connectivity index (χ4v) is 1.61. The smallest absolute Gasteiger partial charge is 0.130 e. The van der Waals surface area contributed by atoms with E-state index in [4.69, 9.17) is 4.74 Å². The average Bonchev–Trinajstić information content (AvgIpc) is 2.40. The Bertz CT molecular complexity index is 494. The highest BCUT2D eigenvalue weighted by Gasteiger charge is 1.99. The Balaban J connectivity index is 2.06. The summed E-state index contributed by atoms with van der Waals surface area (Å²) in [5.41, 5.74) is 2.21. The number of rotatable bonds is 5. The molecule has 1 heterocycles. The van der Waals surface area contributed by atoms with E-state index in [0.29, 0.717) is 0 Å². The minimum absolute atomic E-state index is 0.765. The molecule has 0 radical (unpaired) electrons. The Labute approximate surface area is 108 Å². The van der Waals surface area contributed by atoms with E-state index in [1.165, 1.54) is 5.56 Å². The van der Waals surface area contributed by atoms with E-state index in [1.54, 1.807) is 6.20 Å². The summed E-state index contributed by atoms with van der Waals surface area (Å²) in [7, 11) is 0. The van der Waals surface area contributed by atoms with Crippen LogP contribution in [0.1, 0.15) is 18.2 Å². The van der Waals surface area contributed by atoms with Gasteiger partial charge in [-0.2, -0.15) is 0 Å². The summed E-state index contributed by atoms with van der Waals surface area (Å²) in [6.07, 6.45) is 1.77. The van der Waals surface area contributed by atoms with Gasteiger partial charge in [0.1, 0.15) is 11.5 Å². The Kier molecular flexibility index (Phi) is 4.31. The van der Waals surface area contributed by atoms with E-state index in [0.717, 1.165) is 30.3 Å². The third kappa shape index (κ3) is 3.57. The first-order valence-corrected chi connectivity index (χ1v) is 6.18. The summed E-state index contributed by atoms with van der Waals surface area (Å²) in [4.78, 5) is 4.29. The molecule has 0 aliphatic carbocycles. The molecule has 0 aliphatic rings. The van der Waals surface area contributed by atoms with E-state index in [2.05, 4.69) is 24.1 Å². The van der Waals surface area contributed by atoms with Crippen molar-refractivity contribution in [3.05, 3.63) is 53.9 Å². The highest BCUT2D eigenvalue weighted by atomic mass is 16.5. The first-order chi connectivity index (χ1) is 8.78. The third-order valence-electron chi connectivity index (χ3n) is 2.60. The second kappa shape index (κ2) is 6.17. The van der Waals surface area contributed by atoms with Crippen molar-refractivity contribution in [1.29, 1.82) is 0 Å². The molecule has 94 valence electrons. The molecule has 1 N–H and O–H groups in total. The third-order valence-corrected chi connectivity index (χ3v) is 2.60. The lowest BCUT2D eigenvalue weighted by atomic mass is 10.2. The van der Waals surface area contributed by atoms with Crippen LogP contribution in [0.15, 0.2) is 42.6 Å². The average molecular weight is 242 g/mol. The van der Waals surface area contributed by atoms with E-state index in [9.17, 15) is 0 Å². The largest absolute Gasteiger partial charge is 0.457 e. The first-order valence-electron chi connectivity index (χ1n) is 6.18. The van der Waals surface area contributed by atoms with Crippen LogP contribution in [0.3, 0.4) is 0 Å². The number of benzene rings is 1. The monoisotopic (exact) mass is 242 g/mol. The topological polar surface area (TPSA) is 34.1 Å². The Morgan fingerprint density at radius 3 is 2.61 bits per heavy atom. The summed E-state index contributed by atoms with van der Waals surface area (Å²) in [6, 6.07) is 11.9. The van der Waals surface area contributed by atoms with Gasteiger partial charge in [0, 0.05) is 18.8 Å². The van der Waals surface area contributed by atoms with E-state index in [1.807, 2.05) is 36.4 Å². The van der Waals surface area contributed by atoms with Gasteiger partial charge < -0.3 is 10.1 Å². The molecule has 0 unspecified atom stereocenters. The van der Waals surface area contributed by atoms with Gasteiger partial charge in [0.25, 0.3) is 0 Å². The zero-order valence-corrected chi connectivity index (χ0v) is 10.8. The second-order valence-corrected chi connectivity index (χ2v) is 4.18. The number of aryl methyl sites for hydroxylation is 1. The van der Waals surface area contributed by atoms with Crippen LogP contribution in [0.2, 0.25) is 0 Å². The molecule has 0 saturated heterocycles. The second-order valence-electron chi connectivity index (χ2n) is 4.18. The highest BCUT2D eigenvalue weighted by molar-refractivity contribution is 5.32. The SMILES string of the molecule is CCNCc1cc(Oc2ccc(C)cc2)ccn1. The lowest BCUT2D eigenvalue weighted by Crippen LogP contribution is -2.12. The molecule has 2 rings (SSSR count). The Hall–Kier alpha value is -1.87. The van der Waals surface area contributed by atoms with Gasteiger partial charge in [-0.1, -0.05) is 24.6 Å². The minimum Gasteiger partial charge on any atom is -0.457 e. The Morgan fingerprint density at radius 2 is 1.89 bits per heavy atom. The van der Waals surface area contributed by atoms with Crippen molar-refractivity contribution in [3.63, 3.8) is 0 Å². The number of pyridine rings is 1. The minimum atomic E-state index is 0.765. The zero-order chi connectivity index (χ0) is 12.8. The molecule has 0 bridgehead atoms. The Morgan fingerprint density at radius 1 is 1.11 bits per heavy atom. The molecule has 0 aliphatic heterocycles. The van der Waals surface area contributed by atoms with Crippen LogP contribution >= 0.6 is 0 Å². The van der Waals surface area contributed by atoms with Crippen molar-refractivity contribution in [1.82, 2.24) is 10.3 Å². The number of nitrogens with zero attached hydrogens (tertiary/aromatic N) is 1. The molecule has 0 atom stereocenters. The van der Waals surface area contributed by atoms with Crippen molar-refractivity contribution in [2.24, 2.45) is 0 Å². The lowest BCUT2D eigenvalue weighted by Gasteiger charge is -2.07. The summed E-state index contributed by atoms with van der Waals surface area (Å²) in [5.74, 6) is 1.67. The van der Waals surface area contributed by atoms with Gasteiger partial charge in [0.05, 0.1) is 5.69 Å². The lowest BCUT2D eigenvalue weighted by molar-refractivity contribution is 0.480. The van der Waals surface area contributed by atoms with Crippen molar-refractivity contribution in [2.75, 3.05) is 6.54 Å². The molecular weight excluding hydrogens is 224 g/mol. The van der Waals surface area contributed by atoms with Crippen LogP contribution in [0, 0.1) is 6.92 Å². The van der Waals surface area contributed by atoms with E-state index >= 15 is 0 Å². The fourth-order valence-electron chi connectivity index (χ4n) is 1.61. The predicted octanol–water partition coefficient (Wildman–Crippen LogP) is 3.29. The van der Waals surface area contributed by atoms with Crippen LogP contribution < -0.4 is 10.1 Å². The van der Waals surface area contributed by atoms with Gasteiger partial charge in [-0.3, -0.25) is 4.98 Å². The summed E-state index contributed by atoms with van der Waals surface area (Å²) in [5, 5.41) is 3.25. The molecule has 2 aromatic rings. The fraction of sp³-hybridized carbons (Fsp3) is 0.267. The first kappa shape index (κ1) is 12.6. The van der Waals surface area contributed by atoms with Crippen molar-refractivity contribution in [3.8, 4) is 11.5 Å². The zero-order valence-electron chi connectivity index (χ0n) is 10.8. The van der Waals surface area contributed by atoms with Gasteiger partial charge >= 0.3 is 0 Å². The van der Waals surface area contributed by atoms with Gasteiger partial charge in [-0.25, -0.2) is 0 Å². The van der Waals surface area contributed by atoms with Crippen LogP contribution in [0.25, 0.3) is 0 Å². The van der Waals surface area contributed by atoms with Gasteiger partial charge in [-0.15, -0.1) is 0 Å². The summed E-state index contributed by atoms with van der Waals surface area (Å²) in [6.45, 7) is 5.84. The van der Waals surface area contributed by atoms with Gasteiger partial charge in [0.15, 0.2) is 0 Å². The van der Waals surface area contributed by atoms with Crippen LogP contribution in [0.5, 0.6) is 11.5 Å². The summed E-state index contributed by atoms with van der Waals surface area (Å²) >= 11 is 0. The molecule has 0 saturated carbocycles. The molecule has 1 aromatic carbocycles. The van der Waals surface area contributed by atoms with E-state index in [-0.39, 0.29) is 0 Å². The number of ether oxygens (including phenoxy) is 1. The quantitative estimate of drug-likeness (QED) is 0.873. The number of hydrogen-bond donors (Lipinski definition) is 1. The van der Waals surface area contributed by atoms with Gasteiger partial charge in [0.2, 0.25) is 0 Å². The molecule has 1 aromatic heterocycles. The van der Waals surface area contributed by atoms with Crippen molar-refractivity contribution >= 4 is 0 Å². The maximum atomic E-state index is 5.79. The standard InChI is InChI=1S/C15H18N2O/c1-3-16-11-13-10-15(8-9-17-13)18-14-6-4-12(2)5-7-14/h4-10,16H,3,11H2,1-2H3.